The van der Waals surface area contributed by atoms with Gasteiger partial charge in [-0.05, 0) is 54.3 Å². The summed E-state index contributed by atoms with van der Waals surface area (Å²) in [4.78, 5) is 9.61. The minimum absolute atomic E-state index is 0.676. The Labute approximate surface area is 144 Å². The number of aromatic nitrogens is 4. The Bertz CT molecular complexity index is 1300. The molecule has 0 amide bonds. The highest BCUT2D eigenvalue weighted by Gasteiger charge is 2.20. The van der Waals surface area contributed by atoms with Gasteiger partial charge in [0.2, 0.25) is 0 Å². The number of rotatable bonds is 0. The van der Waals surface area contributed by atoms with Crippen molar-refractivity contribution in [2.45, 2.75) is 25.7 Å². The average molecular weight is 324 g/mol. The molecule has 2 heterocycles. The van der Waals surface area contributed by atoms with E-state index in [4.69, 9.17) is 10.1 Å². The van der Waals surface area contributed by atoms with Crippen molar-refractivity contribution < 1.29 is 0 Å². The van der Waals surface area contributed by atoms with E-state index in [2.05, 4.69) is 35.3 Å². The van der Waals surface area contributed by atoms with E-state index in [9.17, 15) is 0 Å². The topological polar surface area (TPSA) is 43.1 Å². The van der Waals surface area contributed by atoms with E-state index >= 15 is 0 Å². The number of aryl methyl sites for hydroxylation is 2. The van der Waals surface area contributed by atoms with Crippen LogP contribution < -0.4 is 0 Å². The van der Waals surface area contributed by atoms with Crippen LogP contribution in [-0.4, -0.2) is 19.6 Å². The minimum Gasteiger partial charge on any atom is -0.209 e. The largest absolute Gasteiger partial charge is 0.252 e. The monoisotopic (exact) mass is 324 g/mol. The molecule has 0 aliphatic heterocycles. The van der Waals surface area contributed by atoms with Gasteiger partial charge in [-0.15, -0.1) is 0 Å². The number of para-hydroxylation sites is 2. The fraction of sp³-hybridized carbons (Fsp3) is 0.190. The molecular formula is C21H16N4. The minimum atomic E-state index is 0.676. The van der Waals surface area contributed by atoms with Crippen LogP contribution in [0.25, 0.3) is 38.6 Å². The van der Waals surface area contributed by atoms with Crippen LogP contribution in [0.1, 0.15) is 24.0 Å². The van der Waals surface area contributed by atoms with Crippen LogP contribution in [0.3, 0.4) is 0 Å². The summed E-state index contributed by atoms with van der Waals surface area (Å²) in [7, 11) is 0. The quantitative estimate of drug-likeness (QED) is 0.395. The van der Waals surface area contributed by atoms with Gasteiger partial charge in [0.1, 0.15) is 11.0 Å². The fourth-order valence-electron chi connectivity index (χ4n) is 4.28. The highest BCUT2D eigenvalue weighted by Crippen LogP contribution is 2.35. The maximum atomic E-state index is 5.02. The van der Waals surface area contributed by atoms with Gasteiger partial charge in [0.15, 0.2) is 0 Å². The summed E-state index contributed by atoms with van der Waals surface area (Å²) in [6.45, 7) is 0. The van der Waals surface area contributed by atoms with Gasteiger partial charge < -0.3 is 0 Å². The molecule has 3 aromatic carbocycles. The number of hydrogen-bond donors (Lipinski definition) is 0. The lowest BCUT2D eigenvalue weighted by molar-refractivity contribution is 0.691. The fourth-order valence-corrected chi connectivity index (χ4v) is 4.28. The SMILES string of the molecule is c1ccc2c(c1)nc1nc3c(nn12)c1c(c2ccccc23)CCCC1. The molecule has 5 aromatic rings. The summed E-state index contributed by atoms with van der Waals surface area (Å²) in [5, 5.41) is 7.55. The maximum absolute atomic E-state index is 5.02. The van der Waals surface area contributed by atoms with Gasteiger partial charge in [-0.1, -0.05) is 36.4 Å². The summed E-state index contributed by atoms with van der Waals surface area (Å²) in [6.07, 6.45) is 4.71. The molecule has 0 unspecified atom stereocenters. The second-order valence-electron chi connectivity index (χ2n) is 6.83. The molecule has 4 heteroatoms. The Morgan fingerprint density at radius 2 is 1.48 bits per heavy atom. The van der Waals surface area contributed by atoms with Gasteiger partial charge in [-0.2, -0.15) is 9.61 Å². The third kappa shape index (κ3) is 1.74. The van der Waals surface area contributed by atoms with Crippen LogP contribution in [0, 0.1) is 0 Å². The first-order valence-corrected chi connectivity index (χ1v) is 8.88. The number of hydrogen-bond acceptors (Lipinski definition) is 3. The van der Waals surface area contributed by atoms with Crippen molar-refractivity contribution in [2.24, 2.45) is 0 Å². The summed E-state index contributed by atoms with van der Waals surface area (Å²) in [5.74, 6) is 0.676. The molecule has 6 rings (SSSR count). The van der Waals surface area contributed by atoms with E-state index < -0.39 is 0 Å². The summed E-state index contributed by atoms with van der Waals surface area (Å²) in [6, 6.07) is 16.7. The molecule has 4 nitrogen and oxygen atoms in total. The lowest BCUT2D eigenvalue weighted by Crippen LogP contribution is -2.08. The first kappa shape index (κ1) is 13.3. The maximum Gasteiger partial charge on any atom is 0.252 e. The van der Waals surface area contributed by atoms with Gasteiger partial charge in [-0.25, -0.2) is 9.97 Å². The molecule has 1 aliphatic carbocycles. The Morgan fingerprint density at radius 3 is 2.40 bits per heavy atom. The van der Waals surface area contributed by atoms with Crippen molar-refractivity contribution in [2.75, 3.05) is 0 Å². The van der Waals surface area contributed by atoms with E-state index in [0.29, 0.717) is 5.78 Å². The van der Waals surface area contributed by atoms with Crippen molar-refractivity contribution in [3.05, 3.63) is 59.7 Å². The third-order valence-electron chi connectivity index (χ3n) is 5.42. The van der Waals surface area contributed by atoms with Crippen molar-refractivity contribution >= 4 is 38.6 Å². The summed E-state index contributed by atoms with van der Waals surface area (Å²) < 4.78 is 1.90. The van der Waals surface area contributed by atoms with E-state index in [1.165, 1.54) is 34.7 Å². The molecule has 0 N–H and O–H groups in total. The average Bonchev–Trinajstić information content (AvgIpc) is 3.04. The van der Waals surface area contributed by atoms with E-state index in [0.717, 1.165) is 34.9 Å². The van der Waals surface area contributed by atoms with E-state index in [1.54, 1.807) is 0 Å². The first-order chi connectivity index (χ1) is 12.4. The molecule has 0 fully saturated rings. The third-order valence-corrected chi connectivity index (χ3v) is 5.42. The molecule has 1 aliphatic rings. The van der Waals surface area contributed by atoms with E-state index in [-0.39, 0.29) is 0 Å². The highest BCUT2D eigenvalue weighted by molar-refractivity contribution is 6.08. The number of imidazole rings is 1. The molecule has 0 radical (unpaired) electrons. The van der Waals surface area contributed by atoms with Gasteiger partial charge in [0.05, 0.1) is 11.0 Å². The highest BCUT2D eigenvalue weighted by atomic mass is 15.3. The zero-order chi connectivity index (χ0) is 16.4. The predicted molar refractivity (Wildman–Crippen MR) is 99.9 cm³/mol. The summed E-state index contributed by atoms with van der Waals surface area (Å²) >= 11 is 0. The zero-order valence-electron chi connectivity index (χ0n) is 13.7. The van der Waals surface area contributed by atoms with Gasteiger partial charge in [-0.3, -0.25) is 0 Å². The molecule has 0 atom stereocenters. The molecular weight excluding hydrogens is 308 g/mol. The Kier molecular flexibility index (Phi) is 2.53. The van der Waals surface area contributed by atoms with E-state index in [1.807, 2.05) is 22.7 Å². The second kappa shape index (κ2) is 4.76. The number of fused-ring (bicyclic) bond motifs is 9. The number of nitrogens with zero attached hydrogens (tertiary/aromatic N) is 4. The lowest BCUT2D eigenvalue weighted by Gasteiger charge is -2.20. The van der Waals surface area contributed by atoms with Crippen LogP contribution in [0.5, 0.6) is 0 Å². The molecule has 25 heavy (non-hydrogen) atoms. The van der Waals surface area contributed by atoms with Gasteiger partial charge in [0.25, 0.3) is 5.78 Å². The zero-order valence-corrected chi connectivity index (χ0v) is 13.7. The standard InChI is InChI=1S/C21H16N4/c1-3-9-15-13(7-1)14-8-2-4-10-16(14)20-19(15)23-21-22-17-11-5-6-12-18(17)25(21)24-20/h1,3,5-7,9,11-12H,2,4,8,10H2. The van der Waals surface area contributed by atoms with Crippen molar-refractivity contribution in [3.63, 3.8) is 0 Å². The van der Waals surface area contributed by atoms with Crippen molar-refractivity contribution in [1.29, 1.82) is 0 Å². The normalized spacial score (nSPS) is 14.6. The van der Waals surface area contributed by atoms with Crippen molar-refractivity contribution in [3.8, 4) is 0 Å². The Morgan fingerprint density at radius 1 is 0.720 bits per heavy atom. The first-order valence-electron chi connectivity index (χ1n) is 8.88. The molecule has 0 saturated carbocycles. The molecule has 0 saturated heterocycles. The number of benzene rings is 3. The molecule has 0 spiro atoms. The molecule has 120 valence electrons. The smallest absolute Gasteiger partial charge is 0.209 e. The van der Waals surface area contributed by atoms with Crippen LogP contribution in [-0.2, 0) is 12.8 Å². The second-order valence-corrected chi connectivity index (χ2v) is 6.83. The molecule has 0 bridgehead atoms. The molecule has 2 aromatic heterocycles. The van der Waals surface area contributed by atoms with Crippen molar-refractivity contribution in [1.82, 2.24) is 19.6 Å². The Balaban J connectivity index is 1.88. The van der Waals surface area contributed by atoms with Gasteiger partial charge >= 0.3 is 0 Å². The summed E-state index contributed by atoms with van der Waals surface area (Å²) in [5.41, 5.74) is 6.84. The Hall–Kier alpha value is -3.01. The lowest BCUT2D eigenvalue weighted by atomic mass is 9.86. The van der Waals surface area contributed by atoms with Crippen LogP contribution in [0.2, 0.25) is 0 Å². The van der Waals surface area contributed by atoms with Crippen LogP contribution >= 0.6 is 0 Å². The van der Waals surface area contributed by atoms with Gasteiger partial charge in [0, 0.05) is 5.39 Å². The van der Waals surface area contributed by atoms with Crippen LogP contribution in [0.4, 0.5) is 0 Å². The predicted octanol–water partition coefficient (Wildman–Crippen LogP) is 4.46. The van der Waals surface area contributed by atoms with Crippen LogP contribution in [0.15, 0.2) is 48.5 Å².